The van der Waals surface area contributed by atoms with E-state index in [4.69, 9.17) is 21.1 Å². The lowest BCUT2D eigenvalue weighted by atomic mass is 9.96. The molecule has 128 valence electrons. The maximum absolute atomic E-state index is 11.9. The zero-order chi connectivity index (χ0) is 17.6. The van der Waals surface area contributed by atoms with Gasteiger partial charge in [0.25, 0.3) is 0 Å². The van der Waals surface area contributed by atoms with Gasteiger partial charge in [0, 0.05) is 0 Å². The van der Waals surface area contributed by atoms with Crippen LogP contribution in [0.1, 0.15) is 12.0 Å². The first-order valence-corrected chi connectivity index (χ1v) is 7.00. The van der Waals surface area contributed by atoms with Crippen LogP contribution in [0.15, 0.2) is 24.3 Å². The van der Waals surface area contributed by atoms with Crippen LogP contribution in [0.4, 0.5) is 0 Å². The molecule has 8 nitrogen and oxygen atoms in total. The van der Waals surface area contributed by atoms with Crippen molar-refractivity contribution in [3.05, 3.63) is 29.8 Å². The quantitative estimate of drug-likeness (QED) is 0.280. The van der Waals surface area contributed by atoms with Gasteiger partial charge in [0.2, 0.25) is 0 Å². The fourth-order valence-electron chi connectivity index (χ4n) is 1.92. The van der Waals surface area contributed by atoms with Gasteiger partial charge in [-0.2, -0.15) is 0 Å². The molecule has 4 unspecified atom stereocenters. The Labute approximate surface area is 132 Å². The lowest BCUT2D eigenvalue weighted by Crippen LogP contribution is -2.45. The van der Waals surface area contributed by atoms with E-state index in [0.29, 0.717) is 5.56 Å². The van der Waals surface area contributed by atoms with Gasteiger partial charge in [0.1, 0.15) is 24.1 Å². The number of nitrogens with two attached hydrogens (primary N) is 1. The van der Waals surface area contributed by atoms with Crippen LogP contribution >= 0.6 is 0 Å². The highest BCUT2D eigenvalue weighted by atomic mass is 16.4. The first kappa shape index (κ1) is 19.2. The van der Waals surface area contributed by atoms with E-state index in [-0.39, 0.29) is 12.2 Å². The van der Waals surface area contributed by atoms with Crippen molar-refractivity contribution in [1.29, 1.82) is 0 Å². The van der Waals surface area contributed by atoms with E-state index in [1.165, 1.54) is 12.1 Å². The largest absolute Gasteiger partial charge is 0.508 e. The summed E-state index contributed by atoms with van der Waals surface area (Å²) in [6, 6.07) is 5.05. The van der Waals surface area contributed by atoms with Crippen molar-refractivity contribution in [3.8, 4) is 5.75 Å². The standard InChI is InChI=1S/C15H21NO7/c16-10(5-8-1-3-9(18)4-2-8)11(19)6-12(20)14(22)15(23)13(21)7-17/h1-4,10,13-15,17-18,21-23H,5-7,16H2. The second-order valence-electron chi connectivity index (χ2n) is 5.27. The summed E-state index contributed by atoms with van der Waals surface area (Å²) in [5.41, 5.74) is 6.39. The summed E-state index contributed by atoms with van der Waals surface area (Å²) >= 11 is 0. The van der Waals surface area contributed by atoms with Crippen LogP contribution < -0.4 is 5.73 Å². The second-order valence-corrected chi connectivity index (χ2v) is 5.27. The number of rotatable bonds is 9. The smallest absolute Gasteiger partial charge is 0.171 e. The summed E-state index contributed by atoms with van der Waals surface area (Å²) in [5, 5.41) is 46.0. The molecule has 0 heterocycles. The number of phenolic OH excluding ortho intramolecular Hbond substituents is 1. The van der Waals surface area contributed by atoms with Gasteiger partial charge in [-0.25, -0.2) is 0 Å². The van der Waals surface area contributed by atoms with Gasteiger partial charge >= 0.3 is 0 Å². The second kappa shape index (κ2) is 8.70. The summed E-state index contributed by atoms with van der Waals surface area (Å²) < 4.78 is 0. The predicted molar refractivity (Wildman–Crippen MR) is 79.5 cm³/mol. The van der Waals surface area contributed by atoms with Gasteiger partial charge in [0.15, 0.2) is 11.6 Å². The van der Waals surface area contributed by atoms with Gasteiger partial charge in [0.05, 0.1) is 19.1 Å². The van der Waals surface area contributed by atoms with Gasteiger partial charge in [-0.3, -0.25) is 9.59 Å². The molecule has 0 aliphatic heterocycles. The molecule has 1 aromatic carbocycles. The molecule has 0 aromatic heterocycles. The highest BCUT2D eigenvalue weighted by molar-refractivity contribution is 6.03. The van der Waals surface area contributed by atoms with Gasteiger partial charge in [-0.05, 0) is 24.1 Å². The molecule has 0 amide bonds. The first-order valence-electron chi connectivity index (χ1n) is 7.00. The molecule has 0 bridgehead atoms. The minimum Gasteiger partial charge on any atom is -0.508 e. The number of aliphatic hydroxyl groups excluding tert-OH is 4. The number of hydrogen-bond donors (Lipinski definition) is 6. The van der Waals surface area contributed by atoms with Crippen molar-refractivity contribution in [2.45, 2.75) is 37.2 Å². The van der Waals surface area contributed by atoms with E-state index in [9.17, 15) is 19.8 Å². The topological polar surface area (TPSA) is 161 Å². The van der Waals surface area contributed by atoms with Crippen LogP contribution in [0.2, 0.25) is 0 Å². The fraction of sp³-hybridized carbons (Fsp3) is 0.467. The number of carbonyl (C=O) groups is 2. The molecule has 0 fully saturated rings. The minimum absolute atomic E-state index is 0.0726. The summed E-state index contributed by atoms with van der Waals surface area (Å²) in [7, 11) is 0. The Hall–Kier alpha value is -1.84. The maximum atomic E-state index is 11.9. The number of hydrogen-bond acceptors (Lipinski definition) is 8. The SMILES string of the molecule is NC(Cc1ccc(O)cc1)C(=O)CC(=O)C(O)C(O)C(O)CO. The molecule has 0 radical (unpaired) electrons. The molecule has 0 aliphatic rings. The lowest BCUT2D eigenvalue weighted by Gasteiger charge is -2.20. The highest BCUT2D eigenvalue weighted by Crippen LogP contribution is 2.12. The molecule has 4 atom stereocenters. The molecule has 8 heteroatoms. The van der Waals surface area contributed by atoms with Crippen LogP contribution in [0, 0.1) is 0 Å². The van der Waals surface area contributed by atoms with E-state index in [1.807, 2.05) is 0 Å². The van der Waals surface area contributed by atoms with E-state index >= 15 is 0 Å². The Kier molecular flexibility index (Phi) is 7.27. The Morgan fingerprint density at radius 1 is 1.04 bits per heavy atom. The number of carbonyl (C=O) groups excluding carboxylic acids is 2. The maximum Gasteiger partial charge on any atom is 0.171 e. The molecule has 23 heavy (non-hydrogen) atoms. The van der Waals surface area contributed by atoms with E-state index < -0.39 is 48.9 Å². The molecular weight excluding hydrogens is 306 g/mol. The molecule has 0 spiro atoms. The van der Waals surface area contributed by atoms with Crippen LogP contribution in [-0.4, -0.2) is 68.1 Å². The highest BCUT2D eigenvalue weighted by Gasteiger charge is 2.31. The third-order valence-corrected chi connectivity index (χ3v) is 3.39. The van der Waals surface area contributed by atoms with E-state index in [2.05, 4.69) is 0 Å². The van der Waals surface area contributed by atoms with Crippen molar-refractivity contribution in [1.82, 2.24) is 0 Å². The first-order chi connectivity index (χ1) is 10.8. The van der Waals surface area contributed by atoms with E-state index in [0.717, 1.165) is 0 Å². The van der Waals surface area contributed by atoms with Gasteiger partial charge < -0.3 is 31.3 Å². The summed E-state index contributed by atoms with van der Waals surface area (Å²) in [5.74, 6) is -1.55. The third kappa shape index (κ3) is 5.70. The molecular formula is C15H21NO7. The number of Topliss-reactive ketones (excluding diaryl/α,β-unsaturated/α-hetero) is 2. The van der Waals surface area contributed by atoms with Gasteiger partial charge in [-0.15, -0.1) is 0 Å². The van der Waals surface area contributed by atoms with Crippen molar-refractivity contribution in [3.63, 3.8) is 0 Å². The molecule has 0 aliphatic carbocycles. The average molecular weight is 327 g/mol. The van der Waals surface area contributed by atoms with E-state index in [1.54, 1.807) is 12.1 Å². The van der Waals surface area contributed by atoms with Crippen LogP contribution in [0.5, 0.6) is 5.75 Å². The van der Waals surface area contributed by atoms with Crippen molar-refractivity contribution in [2.75, 3.05) is 6.61 Å². The summed E-state index contributed by atoms with van der Waals surface area (Å²) in [6.07, 6.45) is -6.11. The fourth-order valence-corrected chi connectivity index (χ4v) is 1.92. The number of phenols is 1. The number of aliphatic hydroxyl groups is 4. The zero-order valence-electron chi connectivity index (χ0n) is 12.4. The van der Waals surface area contributed by atoms with Crippen molar-refractivity contribution < 1.29 is 35.1 Å². The monoisotopic (exact) mass is 327 g/mol. The lowest BCUT2D eigenvalue weighted by molar-refractivity contribution is -0.142. The van der Waals surface area contributed by atoms with Crippen LogP contribution in [0.3, 0.4) is 0 Å². The van der Waals surface area contributed by atoms with Crippen LogP contribution in [-0.2, 0) is 16.0 Å². The number of benzene rings is 1. The summed E-state index contributed by atoms with van der Waals surface area (Å²) in [4.78, 5) is 23.6. The van der Waals surface area contributed by atoms with Crippen LogP contribution in [0.25, 0.3) is 0 Å². The molecule has 1 aromatic rings. The molecule has 0 saturated heterocycles. The number of aromatic hydroxyl groups is 1. The Morgan fingerprint density at radius 3 is 2.13 bits per heavy atom. The summed E-state index contributed by atoms with van der Waals surface area (Å²) in [6.45, 7) is -0.834. The normalized spacial score (nSPS) is 16.4. The average Bonchev–Trinajstić information content (AvgIpc) is 2.54. The zero-order valence-corrected chi connectivity index (χ0v) is 12.4. The predicted octanol–water partition coefficient (Wildman–Crippen LogP) is -2.13. The Balaban J connectivity index is 2.57. The van der Waals surface area contributed by atoms with Gasteiger partial charge in [-0.1, -0.05) is 12.1 Å². The number of ketones is 2. The minimum atomic E-state index is -1.98. The Bertz CT molecular complexity index is 531. The molecule has 7 N–H and O–H groups in total. The Morgan fingerprint density at radius 2 is 1.61 bits per heavy atom. The van der Waals surface area contributed by atoms with Crippen molar-refractivity contribution in [2.24, 2.45) is 5.73 Å². The molecule has 1 rings (SSSR count). The third-order valence-electron chi connectivity index (χ3n) is 3.39. The molecule has 0 saturated carbocycles. The van der Waals surface area contributed by atoms with Crippen molar-refractivity contribution >= 4 is 11.6 Å².